The summed E-state index contributed by atoms with van der Waals surface area (Å²) >= 11 is 1.65. The maximum absolute atomic E-state index is 13.5. The molecule has 0 radical (unpaired) electrons. The third kappa shape index (κ3) is 3.48. The average molecular weight is 330 g/mol. The van der Waals surface area contributed by atoms with Crippen LogP contribution in [0.3, 0.4) is 0 Å². The second-order valence-corrected chi connectivity index (χ2v) is 6.95. The molecule has 0 saturated heterocycles. The van der Waals surface area contributed by atoms with Crippen LogP contribution in [0.5, 0.6) is 0 Å². The van der Waals surface area contributed by atoms with Gasteiger partial charge in [0, 0.05) is 11.4 Å². The van der Waals surface area contributed by atoms with Gasteiger partial charge in [0.05, 0.1) is 11.4 Å². The van der Waals surface area contributed by atoms with Gasteiger partial charge in [-0.15, -0.1) is 11.3 Å². The Morgan fingerprint density at radius 3 is 2.83 bits per heavy atom. The Morgan fingerprint density at radius 2 is 2.09 bits per heavy atom. The highest BCUT2D eigenvalue weighted by Crippen LogP contribution is 2.28. The molecule has 1 N–H and O–H groups in total. The van der Waals surface area contributed by atoms with E-state index in [4.69, 9.17) is 0 Å². The van der Waals surface area contributed by atoms with Crippen LogP contribution >= 0.6 is 11.3 Å². The quantitative estimate of drug-likeness (QED) is 0.771. The summed E-state index contributed by atoms with van der Waals surface area (Å²) in [7, 11) is 3.98. The van der Waals surface area contributed by atoms with Crippen molar-refractivity contribution in [2.24, 2.45) is 0 Å². The molecule has 1 atom stereocenters. The van der Waals surface area contributed by atoms with E-state index in [1.807, 2.05) is 20.2 Å². The lowest BCUT2D eigenvalue weighted by Gasteiger charge is -2.25. The van der Waals surface area contributed by atoms with Crippen molar-refractivity contribution in [3.63, 3.8) is 0 Å². The molecule has 23 heavy (non-hydrogen) atoms. The predicted molar refractivity (Wildman–Crippen MR) is 93.5 cm³/mol. The minimum absolute atomic E-state index is 0.0513. The largest absolute Gasteiger partial charge is 0.368 e. The molecule has 0 aliphatic rings. The summed E-state index contributed by atoms with van der Waals surface area (Å²) in [4.78, 5) is 12.9. The van der Waals surface area contributed by atoms with Crippen LogP contribution in [0.1, 0.15) is 16.5 Å². The van der Waals surface area contributed by atoms with E-state index in [0.717, 1.165) is 21.6 Å². The van der Waals surface area contributed by atoms with Gasteiger partial charge in [0.2, 0.25) is 0 Å². The molecule has 2 aromatic heterocycles. The Kier molecular flexibility index (Phi) is 4.54. The Bertz CT molecular complexity index is 815. The Labute approximate surface area is 139 Å². The number of fused-ring (bicyclic) bond motifs is 1. The fraction of sp³-hybridized carbons (Fsp3) is 0.294. The van der Waals surface area contributed by atoms with E-state index in [1.165, 1.54) is 10.9 Å². The van der Waals surface area contributed by atoms with Crippen molar-refractivity contribution in [1.29, 1.82) is 0 Å². The van der Waals surface area contributed by atoms with Crippen molar-refractivity contribution in [2.45, 2.75) is 13.0 Å². The minimum Gasteiger partial charge on any atom is -0.368 e. The first-order valence-electron chi connectivity index (χ1n) is 7.41. The van der Waals surface area contributed by atoms with Crippen LogP contribution in [0.25, 0.3) is 10.2 Å². The van der Waals surface area contributed by atoms with Gasteiger partial charge in [-0.1, -0.05) is 12.1 Å². The molecule has 2 heterocycles. The second kappa shape index (κ2) is 6.60. The van der Waals surface area contributed by atoms with Gasteiger partial charge in [-0.05, 0) is 44.8 Å². The number of benzene rings is 1. The van der Waals surface area contributed by atoms with Crippen molar-refractivity contribution in [3.8, 4) is 0 Å². The molecule has 1 unspecified atom stereocenters. The molecular weight excluding hydrogens is 311 g/mol. The van der Waals surface area contributed by atoms with E-state index in [9.17, 15) is 4.39 Å². The van der Waals surface area contributed by atoms with Crippen molar-refractivity contribution >= 4 is 27.4 Å². The molecular formula is C17H19FN4S. The van der Waals surface area contributed by atoms with Gasteiger partial charge in [-0.2, -0.15) is 0 Å². The van der Waals surface area contributed by atoms with Crippen LogP contribution in [0.15, 0.2) is 36.7 Å². The molecule has 0 aliphatic carbocycles. The van der Waals surface area contributed by atoms with E-state index in [1.54, 1.807) is 29.8 Å². The molecule has 4 nitrogen and oxygen atoms in total. The van der Waals surface area contributed by atoms with Gasteiger partial charge in [0.1, 0.15) is 22.8 Å². The normalized spacial score (nSPS) is 12.7. The number of nitrogens with one attached hydrogen (secondary N) is 1. The monoisotopic (exact) mass is 330 g/mol. The third-order valence-corrected chi connectivity index (χ3v) is 4.73. The van der Waals surface area contributed by atoms with E-state index in [-0.39, 0.29) is 11.9 Å². The smallest absolute Gasteiger partial charge is 0.138 e. The fourth-order valence-electron chi connectivity index (χ4n) is 2.62. The van der Waals surface area contributed by atoms with Crippen molar-refractivity contribution in [1.82, 2.24) is 14.9 Å². The summed E-state index contributed by atoms with van der Waals surface area (Å²) in [5.74, 6) is 0.606. The summed E-state index contributed by atoms with van der Waals surface area (Å²) in [6.07, 6.45) is 1.58. The SMILES string of the molecule is Cc1cc2c(NCC(c3cccc(F)c3)N(C)C)ncnc2s1. The summed E-state index contributed by atoms with van der Waals surface area (Å²) in [6.45, 7) is 2.70. The van der Waals surface area contributed by atoms with Crippen LogP contribution in [0.2, 0.25) is 0 Å². The van der Waals surface area contributed by atoms with Crippen LogP contribution in [0.4, 0.5) is 10.2 Å². The van der Waals surface area contributed by atoms with Crippen LogP contribution in [-0.2, 0) is 0 Å². The third-order valence-electron chi connectivity index (χ3n) is 3.77. The number of rotatable bonds is 5. The van der Waals surface area contributed by atoms with E-state index >= 15 is 0 Å². The number of likely N-dealkylation sites (N-methyl/N-ethyl adjacent to an activating group) is 1. The number of thiophene rings is 1. The second-order valence-electron chi connectivity index (χ2n) is 5.71. The maximum Gasteiger partial charge on any atom is 0.138 e. The van der Waals surface area contributed by atoms with Gasteiger partial charge in [-0.25, -0.2) is 14.4 Å². The zero-order valence-electron chi connectivity index (χ0n) is 13.4. The number of aryl methyl sites for hydroxylation is 1. The zero-order valence-corrected chi connectivity index (χ0v) is 14.2. The fourth-order valence-corrected chi connectivity index (χ4v) is 3.47. The predicted octanol–water partition coefficient (Wildman–Crippen LogP) is 3.85. The molecule has 3 rings (SSSR count). The number of hydrogen-bond acceptors (Lipinski definition) is 5. The first-order valence-corrected chi connectivity index (χ1v) is 8.23. The first kappa shape index (κ1) is 15.8. The van der Waals surface area contributed by atoms with Gasteiger partial charge < -0.3 is 10.2 Å². The highest BCUT2D eigenvalue weighted by molar-refractivity contribution is 7.18. The molecule has 0 aliphatic heterocycles. The van der Waals surface area contributed by atoms with Crippen molar-refractivity contribution in [2.75, 3.05) is 26.0 Å². The molecule has 0 saturated carbocycles. The molecule has 0 spiro atoms. The standard InChI is InChI=1S/C17H19FN4S/c1-11-7-14-16(20-10-21-17(14)23-11)19-9-15(22(2)3)12-5-4-6-13(18)8-12/h4-8,10,15H,9H2,1-3H3,(H,19,20,21). The van der Waals surface area contributed by atoms with E-state index in [0.29, 0.717) is 6.54 Å². The summed E-state index contributed by atoms with van der Waals surface area (Å²) in [5.41, 5.74) is 0.939. The highest BCUT2D eigenvalue weighted by atomic mass is 32.1. The van der Waals surface area contributed by atoms with Gasteiger partial charge in [0.25, 0.3) is 0 Å². The van der Waals surface area contributed by atoms with Crippen molar-refractivity contribution < 1.29 is 4.39 Å². The summed E-state index contributed by atoms with van der Waals surface area (Å²) in [5, 5.41) is 4.43. The molecule has 0 amide bonds. The van der Waals surface area contributed by atoms with Crippen LogP contribution in [0, 0.1) is 12.7 Å². The minimum atomic E-state index is -0.216. The topological polar surface area (TPSA) is 41.0 Å². The van der Waals surface area contributed by atoms with E-state index in [2.05, 4.69) is 33.2 Å². The maximum atomic E-state index is 13.5. The number of halogens is 1. The number of hydrogen-bond donors (Lipinski definition) is 1. The molecule has 6 heteroatoms. The van der Waals surface area contributed by atoms with Crippen LogP contribution in [-0.4, -0.2) is 35.5 Å². The summed E-state index contributed by atoms with van der Waals surface area (Å²) in [6, 6.07) is 8.87. The highest BCUT2D eigenvalue weighted by Gasteiger charge is 2.16. The Hall–Kier alpha value is -2.05. The summed E-state index contributed by atoms with van der Waals surface area (Å²) < 4.78 is 13.5. The molecule has 0 bridgehead atoms. The zero-order chi connectivity index (χ0) is 16.4. The van der Waals surface area contributed by atoms with Gasteiger partial charge in [-0.3, -0.25) is 0 Å². The number of aromatic nitrogens is 2. The molecule has 1 aromatic carbocycles. The molecule has 120 valence electrons. The molecule has 0 fully saturated rings. The van der Waals surface area contributed by atoms with Gasteiger partial charge in [0.15, 0.2) is 0 Å². The Balaban J connectivity index is 1.84. The lowest BCUT2D eigenvalue weighted by molar-refractivity contribution is 0.311. The lowest BCUT2D eigenvalue weighted by Crippen LogP contribution is -2.27. The van der Waals surface area contributed by atoms with Gasteiger partial charge >= 0.3 is 0 Å². The van der Waals surface area contributed by atoms with Crippen LogP contribution < -0.4 is 5.32 Å². The number of anilines is 1. The lowest BCUT2D eigenvalue weighted by atomic mass is 10.1. The Morgan fingerprint density at radius 1 is 1.26 bits per heavy atom. The first-order chi connectivity index (χ1) is 11.0. The number of nitrogens with zero attached hydrogens (tertiary/aromatic N) is 3. The average Bonchev–Trinajstić information content (AvgIpc) is 2.88. The van der Waals surface area contributed by atoms with Crippen molar-refractivity contribution in [3.05, 3.63) is 52.9 Å². The van der Waals surface area contributed by atoms with E-state index < -0.39 is 0 Å². The molecule has 3 aromatic rings.